The number of nitrogens with one attached hydrogen (secondary N) is 2. The summed E-state index contributed by atoms with van der Waals surface area (Å²) in [6.07, 6.45) is 5.95. The Kier molecular flexibility index (Phi) is 4.89. The molecule has 0 bridgehead atoms. The van der Waals surface area contributed by atoms with Crippen LogP contribution in [-0.2, 0) is 16.1 Å². The fraction of sp³-hybridized carbons (Fsp3) is 0.500. The van der Waals surface area contributed by atoms with E-state index >= 15 is 0 Å². The lowest BCUT2D eigenvalue weighted by Gasteiger charge is -2.11. The Morgan fingerprint density at radius 1 is 1.21 bits per heavy atom. The highest BCUT2D eigenvalue weighted by Crippen LogP contribution is 2.17. The number of carbonyl (C=O) groups is 2. The molecule has 2 rings (SSSR count). The van der Waals surface area contributed by atoms with Crippen molar-refractivity contribution in [1.29, 1.82) is 0 Å². The van der Waals surface area contributed by atoms with Gasteiger partial charge in [0.05, 0.1) is 12.2 Å². The van der Waals surface area contributed by atoms with Crippen LogP contribution in [0.1, 0.15) is 37.8 Å². The second kappa shape index (κ2) is 6.87. The third kappa shape index (κ3) is 4.69. The Balaban J connectivity index is 1.67. The summed E-state index contributed by atoms with van der Waals surface area (Å²) < 4.78 is 0. The number of hydrogen-bond acceptors (Lipinski definition) is 3. The predicted molar refractivity (Wildman–Crippen MR) is 71.1 cm³/mol. The number of rotatable bonds is 5. The summed E-state index contributed by atoms with van der Waals surface area (Å²) in [5.41, 5.74) is 0.784. The van der Waals surface area contributed by atoms with Gasteiger partial charge in [0.1, 0.15) is 6.42 Å². The molecule has 0 radical (unpaired) electrons. The number of nitrogens with zero attached hydrogens (tertiary/aromatic N) is 1. The maximum atomic E-state index is 11.6. The van der Waals surface area contributed by atoms with Gasteiger partial charge in [0, 0.05) is 12.2 Å². The van der Waals surface area contributed by atoms with Gasteiger partial charge in [-0.1, -0.05) is 18.9 Å². The van der Waals surface area contributed by atoms with Crippen LogP contribution in [-0.4, -0.2) is 22.8 Å². The summed E-state index contributed by atoms with van der Waals surface area (Å²) in [5, 5.41) is 5.59. The second-order valence-corrected chi connectivity index (χ2v) is 4.82. The Morgan fingerprint density at radius 2 is 2.00 bits per heavy atom. The topological polar surface area (TPSA) is 71.1 Å². The van der Waals surface area contributed by atoms with Crippen molar-refractivity contribution >= 4 is 11.8 Å². The number of pyridine rings is 1. The van der Waals surface area contributed by atoms with Crippen LogP contribution >= 0.6 is 0 Å². The van der Waals surface area contributed by atoms with Crippen LogP contribution < -0.4 is 10.6 Å². The van der Waals surface area contributed by atoms with E-state index in [1.54, 1.807) is 6.20 Å². The summed E-state index contributed by atoms with van der Waals surface area (Å²) >= 11 is 0. The van der Waals surface area contributed by atoms with Gasteiger partial charge >= 0.3 is 0 Å². The van der Waals surface area contributed by atoms with Gasteiger partial charge < -0.3 is 10.6 Å². The molecular formula is C14H19N3O2. The third-order valence-corrected chi connectivity index (χ3v) is 3.23. The number of hydrogen-bond donors (Lipinski definition) is 2. The van der Waals surface area contributed by atoms with Crippen LogP contribution in [0.25, 0.3) is 0 Å². The minimum absolute atomic E-state index is 0.108. The van der Waals surface area contributed by atoms with Gasteiger partial charge in [-0.25, -0.2) is 0 Å². The molecule has 5 heteroatoms. The van der Waals surface area contributed by atoms with E-state index in [9.17, 15) is 9.59 Å². The van der Waals surface area contributed by atoms with Crippen LogP contribution in [0.15, 0.2) is 24.4 Å². The highest BCUT2D eigenvalue weighted by Gasteiger charge is 2.18. The quantitative estimate of drug-likeness (QED) is 0.781. The molecule has 1 aromatic rings. The smallest absolute Gasteiger partial charge is 0.229 e. The van der Waals surface area contributed by atoms with E-state index in [-0.39, 0.29) is 24.3 Å². The van der Waals surface area contributed by atoms with Crippen molar-refractivity contribution in [2.45, 2.75) is 44.7 Å². The Morgan fingerprint density at radius 3 is 2.68 bits per heavy atom. The first-order valence-electron chi connectivity index (χ1n) is 6.70. The molecule has 1 heterocycles. The van der Waals surface area contributed by atoms with Gasteiger partial charge in [0.15, 0.2) is 0 Å². The Hall–Kier alpha value is -1.91. The van der Waals surface area contributed by atoms with Crippen LogP contribution in [0.5, 0.6) is 0 Å². The molecule has 2 amide bonds. The van der Waals surface area contributed by atoms with E-state index in [0.29, 0.717) is 6.54 Å². The van der Waals surface area contributed by atoms with Crippen molar-refractivity contribution in [3.8, 4) is 0 Å². The molecule has 0 spiro atoms. The lowest BCUT2D eigenvalue weighted by Crippen LogP contribution is -2.36. The summed E-state index contributed by atoms with van der Waals surface area (Å²) in [6, 6.07) is 5.77. The Bertz CT molecular complexity index is 428. The molecule has 1 aromatic heterocycles. The minimum atomic E-state index is -0.263. The highest BCUT2D eigenvalue weighted by atomic mass is 16.2. The molecule has 19 heavy (non-hydrogen) atoms. The summed E-state index contributed by atoms with van der Waals surface area (Å²) in [6.45, 7) is 0.358. The van der Waals surface area contributed by atoms with Crippen molar-refractivity contribution in [2.24, 2.45) is 0 Å². The summed E-state index contributed by atoms with van der Waals surface area (Å²) in [5.74, 6) is -0.452. The fourth-order valence-corrected chi connectivity index (χ4v) is 2.25. The van der Waals surface area contributed by atoms with Crippen molar-refractivity contribution < 1.29 is 9.59 Å². The molecule has 1 aliphatic carbocycles. The van der Waals surface area contributed by atoms with Gasteiger partial charge in [-0.05, 0) is 25.0 Å². The lowest BCUT2D eigenvalue weighted by atomic mass is 10.2. The first-order valence-corrected chi connectivity index (χ1v) is 6.70. The van der Waals surface area contributed by atoms with Crippen molar-refractivity contribution in [1.82, 2.24) is 15.6 Å². The maximum absolute atomic E-state index is 11.6. The van der Waals surface area contributed by atoms with Crippen LogP contribution in [0, 0.1) is 0 Å². The molecule has 102 valence electrons. The van der Waals surface area contributed by atoms with Crippen LogP contribution in [0.4, 0.5) is 0 Å². The molecule has 0 aliphatic heterocycles. The van der Waals surface area contributed by atoms with E-state index in [0.717, 1.165) is 31.4 Å². The molecule has 1 aliphatic rings. The van der Waals surface area contributed by atoms with E-state index in [4.69, 9.17) is 0 Å². The summed E-state index contributed by atoms with van der Waals surface area (Å²) in [4.78, 5) is 27.3. The van der Waals surface area contributed by atoms with Gasteiger partial charge in [0.2, 0.25) is 11.8 Å². The first-order chi connectivity index (χ1) is 9.24. The fourth-order valence-electron chi connectivity index (χ4n) is 2.25. The van der Waals surface area contributed by atoms with Gasteiger partial charge in [0.25, 0.3) is 0 Å². The maximum Gasteiger partial charge on any atom is 0.229 e. The molecular weight excluding hydrogens is 242 g/mol. The monoisotopic (exact) mass is 261 g/mol. The Labute approximate surface area is 112 Å². The normalized spacial score (nSPS) is 15.2. The van der Waals surface area contributed by atoms with Gasteiger partial charge in [-0.3, -0.25) is 14.6 Å². The average Bonchev–Trinajstić information content (AvgIpc) is 2.90. The van der Waals surface area contributed by atoms with Crippen LogP contribution in [0.2, 0.25) is 0 Å². The molecule has 0 unspecified atom stereocenters. The molecule has 1 saturated carbocycles. The van der Waals surface area contributed by atoms with E-state index in [2.05, 4.69) is 15.6 Å². The minimum Gasteiger partial charge on any atom is -0.353 e. The summed E-state index contributed by atoms with van der Waals surface area (Å²) in [7, 11) is 0. The molecule has 2 N–H and O–H groups in total. The number of carbonyl (C=O) groups excluding carboxylic acids is 2. The van der Waals surface area contributed by atoms with E-state index < -0.39 is 0 Å². The molecule has 5 nitrogen and oxygen atoms in total. The van der Waals surface area contributed by atoms with Gasteiger partial charge in [-0.2, -0.15) is 0 Å². The average molecular weight is 261 g/mol. The lowest BCUT2D eigenvalue weighted by molar-refractivity contribution is -0.129. The van der Waals surface area contributed by atoms with Crippen molar-refractivity contribution in [2.75, 3.05) is 0 Å². The van der Waals surface area contributed by atoms with Crippen molar-refractivity contribution in [3.05, 3.63) is 30.1 Å². The second-order valence-electron chi connectivity index (χ2n) is 4.82. The highest BCUT2D eigenvalue weighted by molar-refractivity contribution is 5.96. The third-order valence-electron chi connectivity index (χ3n) is 3.23. The predicted octanol–water partition coefficient (Wildman–Crippen LogP) is 1.15. The van der Waals surface area contributed by atoms with Crippen molar-refractivity contribution in [3.63, 3.8) is 0 Å². The molecule has 0 aromatic carbocycles. The van der Waals surface area contributed by atoms with Crippen LogP contribution in [0.3, 0.4) is 0 Å². The zero-order valence-electron chi connectivity index (χ0n) is 10.9. The number of amides is 2. The molecule has 0 atom stereocenters. The standard InChI is InChI=1S/C14H19N3O2/c18-13(16-10-12-7-3-4-8-15-12)9-14(19)17-11-5-1-2-6-11/h3-4,7-8,11H,1-2,5-6,9-10H2,(H,16,18)(H,17,19). The molecule has 0 saturated heterocycles. The molecule has 1 fully saturated rings. The zero-order valence-corrected chi connectivity index (χ0v) is 10.9. The van der Waals surface area contributed by atoms with E-state index in [1.807, 2.05) is 18.2 Å². The van der Waals surface area contributed by atoms with E-state index in [1.165, 1.54) is 0 Å². The first kappa shape index (κ1) is 13.5. The van der Waals surface area contributed by atoms with Gasteiger partial charge in [-0.15, -0.1) is 0 Å². The SMILES string of the molecule is O=C(CC(=O)NC1CCCC1)NCc1ccccn1. The number of aromatic nitrogens is 1. The zero-order chi connectivity index (χ0) is 13.5. The largest absolute Gasteiger partial charge is 0.353 e.